The number of hydrogen-bond donors (Lipinski definition) is 1. The molecular formula is C16H25NO. The van der Waals surface area contributed by atoms with Gasteiger partial charge in [-0.3, -0.25) is 0 Å². The van der Waals surface area contributed by atoms with Gasteiger partial charge in [0, 0.05) is 5.69 Å². The Kier molecular flexibility index (Phi) is 3.96. The molecule has 0 spiro atoms. The van der Waals surface area contributed by atoms with Gasteiger partial charge in [0.25, 0.3) is 0 Å². The van der Waals surface area contributed by atoms with Crippen molar-refractivity contribution in [3.05, 3.63) is 29.3 Å². The van der Waals surface area contributed by atoms with Crippen LogP contribution in [0.3, 0.4) is 0 Å². The first-order chi connectivity index (χ1) is 8.48. The molecule has 0 unspecified atom stereocenters. The number of hydrogen-bond acceptors (Lipinski definition) is 2. The van der Waals surface area contributed by atoms with Crippen LogP contribution in [0.25, 0.3) is 0 Å². The van der Waals surface area contributed by atoms with Gasteiger partial charge in [0.05, 0.1) is 12.7 Å². The molecule has 2 nitrogen and oxygen atoms in total. The Morgan fingerprint density at radius 3 is 2.61 bits per heavy atom. The fraction of sp³-hybridized carbons (Fsp3) is 0.625. The molecular weight excluding hydrogens is 222 g/mol. The molecule has 0 aromatic heterocycles. The normalized spacial score (nSPS) is 19.9. The molecule has 100 valence electrons. The number of nitrogen functional groups attached to an aromatic ring is 1. The lowest BCUT2D eigenvalue weighted by atomic mass is 9.76. The van der Waals surface area contributed by atoms with Crippen molar-refractivity contribution in [2.24, 2.45) is 5.41 Å². The summed E-state index contributed by atoms with van der Waals surface area (Å²) in [4.78, 5) is 0. The average Bonchev–Trinajstić information content (AvgIpc) is 2.33. The summed E-state index contributed by atoms with van der Waals surface area (Å²) >= 11 is 0. The van der Waals surface area contributed by atoms with Crippen LogP contribution in [0.15, 0.2) is 18.2 Å². The van der Waals surface area contributed by atoms with Crippen molar-refractivity contribution in [1.82, 2.24) is 0 Å². The third-order valence-corrected chi connectivity index (χ3v) is 4.25. The third kappa shape index (κ3) is 3.26. The quantitative estimate of drug-likeness (QED) is 0.817. The average molecular weight is 247 g/mol. The predicted molar refractivity (Wildman–Crippen MR) is 76.4 cm³/mol. The highest BCUT2D eigenvalue weighted by atomic mass is 16.5. The van der Waals surface area contributed by atoms with E-state index in [4.69, 9.17) is 10.5 Å². The van der Waals surface area contributed by atoms with Crippen LogP contribution in [0, 0.1) is 12.3 Å². The van der Waals surface area contributed by atoms with Crippen LogP contribution in [0.5, 0.6) is 0 Å². The Morgan fingerprint density at radius 2 is 1.94 bits per heavy atom. The standard InChI is InChI=1S/C16H25NO/c1-12-13(5-4-6-15(12)17)11-18-14-7-9-16(2,3)10-8-14/h4-6,14H,7-11,17H2,1-3H3. The number of benzene rings is 1. The van der Waals surface area contributed by atoms with E-state index >= 15 is 0 Å². The van der Waals surface area contributed by atoms with Crippen LogP contribution < -0.4 is 5.73 Å². The summed E-state index contributed by atoms with van der Waals surface area (Å²) in [5.74, 6) is 0. The van der Waals surface area contributed by atoms with E-state index in [9.17, 15) is 0 Å². The highest BCUT2D eigenvalue weighted by Crippen LogP contribution is 2.36. The van der Waals surface area contributed by atoms with Gasteiger partial charge in [0.2, 0.25) is 0 Å². The molecule has 1 saturated carbocycles. The van der Waals surface area contributed by atoms with Crippen molar-refractivity contribution >= 4 is 5.69 Å². The monoisotopic (exact) mass is 247 g/mol. The molecule has 1 aromatic rings. The fourth-order valence-corrected chi connectivity index (χ4v) is 2.61. The highest BCUT2D eigenvalue weighted by Gasteiger charge is 2.27. The molecule has 0 saturated heterocycles. The molecule has 0 aliphatic heterocycles. The van der Waals surface area contributed by atoms with Crippen molar-refractivity contribution < 1.29 is 4.74 Å². The second-order valence-electron chi connectivity index (χ2n) is 6.31. The van der Waals surface area contributed by atoms with Crippen molar-refractivity contribution in [3.63, 3.8) is 0 Å². The lowest BCUT2D eigenvalue weighted by molar-refractivity contribution is -0.00574. The molecule has 1 aliphatic rings. The molecule has 2 N–H and O–H groups in total. The van der Waals surface area contributed by atoms with E-state index in [1.807, 2.05) is 12.1 Å². The van der Waals surface area contributed by atoms with Crippen molar-refractivity contribution in [3.8, 4) is 0 Å². The topological polar surface area (TPSA) is 35.2 Å². The van der Waals surface area contributed by atoms with Gasteiger partial charge in [-0.15, -0.1) is 0 Å². The zero-order chi connectivity index (χ0) is 13.2. The lowest BCUT2D eigenvalue weighted by Crippen LogP contribution is -2.26. The van der Waals surface area contributed by atoms with Crippen LogP contribution >= 0.6 is 0 Å². The van der Waals surface area contributed by atoms with Crippen LogP contribution in [0.1, 0.15) is 50.7 Å². The van der Waals surface area contributed by atoms with Gasteiger partial charge in [-0.1, -0.05) is 26.0 Å². The minimum Gasteiger partial charge on any atom is -0.399 e. The molecule has 1 aromatic carbocycles. The molecule has 0 heterocycles. The van der Waals surface area contributed by atoms with Gasteiger partial charge in [-0.25, -0.2) is 0 Å². The van der Waals surface area contributed by atoms with Crippen molar-refractivity contribution in [1.29, 1.82) is 0 Å². The maximum absolute atomic E-state index is 6.04. The SMILES string of the molecule is Cc1c(N)cccc1COC1CCC(C)(C)CC1. The Morgan fingerprint density at radius 1 is 1.28 bits per heavy atom. The molecule has 1 fully saturated rings. The molecule has 1 aliphatic carbocycles. The first kappa shape index (κ1) is 13.4. The van der Waals surface area contributed by atoms with E-state index in [-0.39, 0.29) is 0 Å². The molecule has 18 heavy (non-hydrogen) atoms. The van der Waals surface area contributed by atoms with Gasteiger partial charge in [0.15, 0.2) is 0 Å². The van der Waals surface area contributed by atoms with E-state index in [1.54, 1.807) is 0 Å². The summed E-state index contributed by atoms with van der Waals surface area (Å²) in [6.07, 6.45) is 5.35. The molecule has 0 atom stereocenters. The number of rotatable bonds is 3. The summed E-state index contributed by atoms with van der Waals surface area (Å²) in [5.41, 5.74) is 9.66. The van der Waals surface area contributed by atoms with E-state index < -0.39 is 0 Å². The van der Waals surface area contributed by atoms with Gasteiger partial charge < -0.3 is 10.5 Å². The van der Waals surface area contributed by atoms with E-state index in [1.165, 1.54) is 31.2 Å². The molecule has 2 heteroatoms. The second-order valence-corrected chi connectivity index (χ2v) is 6.31. The number of ether oxygens (including phenoxy) is 1. The van der Waals surface area contributed by atoms with Crippen LogP contribution in [0.2, 0.25) is 0 Å². The van der Waals surface area contributed by atoms with Crippen LogP contribution in [-0.4, -0.2) is 6.10 Å². The van der Waals surface area contributed by atoms with Gasteiger partial charge in [-0.05, 0) is 55.2 Å². The minimum absolute atomic E-state index is 0.429. The van der Waals surface area contributed by atoms with Crippen molar-refractivity contribution in [2.75, 3.05) is 5.73 Å². The molecule has 0 bridgehead atoms. The van der Waals surface area contributed by atoms with Gasteiger partial charge in [0.1, 0.15) is 0 Å². The van der Waals surface area contributed by atoms with Crippen LogP contribution in [-0.2, 0) is 11.3 Å². The summed E-state index contributed by atoms with van der Waals surface area (Å²) in [5, 5.41) is 0. The van der Waals surface area contributed by atoms with Gasteiger partial charge in [-0.2, -0.15) is 0 Å². The number of anilines is 1. The highest BCUT2D eigenvalue weighted by molar-refractivity contribution is 5.49. The van der Waals surface area contributed by atoms with E-state index in [2.05, 4.69) is 26.8 Å². The fourth-order valence-electron chi connectivity index (χ4n) is 2.61. The summed E-state index contributed by atoms with van der Waals surface area (Å²) in [6, 6.07) is 6.06. The van der Waals surface area contributed by atoms with Crippen molar-refractivity contribution in [2.45, 2.75) is 59.2 Å². The van der Waals surface area contributed by atoms with Crippen LogP contribution in [0.4, 0.5) is 5.69 Å². The lowest BCUT2D eigenvalue weighted by Gasteiger charge is -2.34. The van der Waals surface area contributed by atoms with E-state index in [0.717, 1.165) is 11.3 Å². The maximum atomic E-state index is 6.04. The first-order valence-electron chi connectivity index (χ1n) is 6.93. The smallest absolute Gasteiger partial charge is 0.0723 e. The number of nitrogens with two attached hydrogens (primary N) is 1. The summed E-state index contributed by atoms with van der Waals surface area (Å²) in [7, 11) is 0. The Labute approximate surface area is 111 Å². The largest absolute Gasteiger partial charge is 0.399 e. The zero-order valence-corrected chi connectivity index (χ0v) is 11.8. The summed E-state index contributed by atoms with van der Waals surface area (Å²) in [6.45, 7) is 7.47. The Hall–Kier alpha value is -1.02. The Balaban J connectivity index is 1.87. The second kappa shape index (κ2) is 5.31. The molecule has 0 radical (unpaired) electrons. The predicted octanol–water partition coefficient (Wildman–Crippen LogP) is 4.06. The molecule has 0 amide bonds. The minimum atomic E-state index is 0.429. The summed E-state index contributed by atoms with van der Waals surface area (Å²) < 4.78 is 6.04. The van der Waals surface area contributed by atoms with Gasteiger partial charge >= 0.3 is 0 Å². The molecule has 2 rings (SSSR count). The zero-order valence-electron chi connectivity index (χ0n) is 11.8. The first-order valence-corrected chi connectivity index (χ1v) is 6.93. The maximum Gasteiger partial charge on any atom is 0.0723 e. The Bertz CT molecular complexity index is 402. The third-order valence-electron chi connectivity index (χ3n) is 4.25. The van der Waals surface area contributed by atoms with E-state index in [0.29, 0.717) is 18.1 Å².